The number of hydrogen-bond donors (Lipinski definition) is 0. The standard InChI is InChI=1S/C21H38S/c1-3-5-7-8-9-10-11-12-13-14-17-20(16-6-4-2)21-18-15-19-22-21/h15,18-20H,3-14,16-17H2,1-2H3. The molecule has 1 atom stereocenters. The fraction of sp³-hybridized carbons (Fsp3) is 0.810. The van der Waals surface area contributed by atoms with Crippen LogP contribution < -0.4 is 0 Å². The highest BCUT2D eigenvalue weighted by Crippen LogP contribution is 2.31. The molecule has 1 rings (SSSR count). The Morgan fingerprint density at radius 2 is 1.27 bits per heavy atom. The summed E-state index contributed by atoms with van der Waals surface area (Å²) in [6.07, 6.45) is 20.0. The van der Waals surface area contributed by atoms with Crippen molar-refractivity contribution in [2.75, 3.05) is 0 Å². The Kier molecular flexibility index (Phi) is 12.8. The first-order chi connectivity index (χ1) is 10.9. The first kappa shape index (κ1) is 19.7. The fourth-order valence-corrected chi connectivity index (χ4v) is 4.18. The average Bonchev–Trinajstić information content (AvgIpc) is 3.06. The van der Waals surface area contributed by atoms with Crippen LogP contribution in [-0.2, 0) is 0 Å². The van der Waals surface area contributed by atoms with E-state index in [-0.39, 0.29) is 0 Å². The molecule has 0 fully saturated rings. The zero-order valence-corrected chi connectivity index (χ0v) is 15.9. The molecule has 1 heteroatoms. The highest BCUT2D eigenvalue weighted by Gasteiger charge is 2.11. The van der Waals surface area contributed by atoms with Gasteiger partial charge in [-0.05, 0) is 30.2 Å². The Morgan fingerprint density at radius 3 is 1.82 bits per heavy atom. The van der Waals surface area contributed by atoms with E-state index in [0.717, 1.165) is 5.92 Å². The Bertz CT molecular complexity index is 315. The molecule has 0 saturated carbocycles. The summed E-state index contributed by atoms with van der Waals surface area (Å²) in [6, 6.07) is 4.57. The Morgan fingerprint density at radius 1 is 0.727 bits per heavy atom. The molecule has 0 amide bonds. The summed E-state index contributed by atoms with van der Waals surface area (Å²) < 4.78 is 0. The van der Waals surface area contributed by atoms with E-state index in [4.69, 9.17) is 0 Å². The van der Waals surface area contributed by atoms with E-state index in [9.17, 15) is 0 Å². The lowest BCUT2D eigenvalue weighted by molar-refractivity contribution is 0.500. The predicted molar refractivity (Wildman–Crippen MR) is 103 cm³/mol. The molecule has 128 valence electrons. The second kappa shape index (κ2) is 14.3. The first-order valence-electron chi connectivity index (χ1n) is 9.91. The molecule has 0 N–H and O–H groups in total. The maximum Gasteiger partial charge on any atom is 0.00761 e. The summed E-state index contributed by atoms with van der Waals surface area (Å²) in [5.74, 6) is 0.842. The summed E-state index contributed by atoms with van der Waals surface area (Å²) in [6.45, 7) is 4.61. The van der Waals surface area contributed by atoms with Gasteiger partial charge in [0.15, 0.2) is 0 Å². The van der Waals surface area contributed by atoms with Gasteiger partial charge >= 0.3 is 0 Å². The summed E-state index contributed by atoms with van der Waals surface area (Å²) in [4.78, 5) is 1.63. The Balaban J connectivity index is 2.01. The Hall–Kier alpha value is -0.300. The number of unbranched alkanes of at least 4 members (excludes halogenated alkanes) is 10. The van der Waals surface area contributed by atoms with Gasteiger partial charge in [-0.2, -0.15) is 0 Å². The molecule has 1 aromatic heterocycles. The molecule has 1 unspecified atom stereocenters. The van der Waals surface area contributed by atoms with E-state index in [1.54, 1.807) is 4.88 Å². The number of rotatable bonds is 15. The van der Waals surface area contributed by atoms with Crippen LogP contribution in [0.15, 0.2) is 17.5 Å². The van der Waals surface area contributed by atoms with Gasteiger partial charge in [0, 0.05) is 4.88 Å². The predicted octanol–water partition coefficient (Wildman–Crippen LogP) is 8.33. The minimum atomic E-state index is 0.842. The SMILES string of the molecule is CCCCCCCCCCCCC(CCCC)c1cccs1. The van der Waals surface area contributed by atoms with Gasteiger partial charge < -0.3 is 0 Å². The van der Waals surface area contributed by atoms with Crippen LogP contribution >= 0.6 is 11.3 Å². The van der Waals surface area contributed by atoms with E-state index in [1.807, 2.05) is 11.3 Å². The van der Waals surface area contributed by atoms with Crippen molar-refractivity contribution in [2.24, 2.45) is 0 Å². The molecule has 0 aliphatic carbocycles. The van der Waals surface area contributed by atoms with E-state index in [0.29, 0.717) is 0 Å². The van der Waals surface area contributed by atoms with Crippen molar-refractivity contribution in [3.8, 4) is 0 Å². The highest BCUT2D eigenvalue weighted by molar-refractivity contribution is 7.10. The zero-order valence-electron chi connectivity index (χ0n) is 15.1. The van der Waals surface area contributed by atoms with Gasteiger partial charge in [-0.15, -0.1) is 11.3 Å². The molecule has 0 aromatic carbocycles. The third-order valence-corrected chi connectivity index (χ3v) is 5.79. The smallest absolute Gasteiger partial charge is 0.00761 e. The van der Waals surface area contributed by atoms with Crippen LogP contribution in [0.1, 0.15) is 115 Å². The zero-order chi connectivity index (χ0) is 15.9. The van der Waals surface area contributed by atoms with Crippen molar-refractivity contribution >= 4 is 11.3 Å². The van der Waals surface area contributed by atoms with Crippen molar-refractivity contribution < 1.29 is 0 Å². The fourth-order valence-electron chi connectivity index (χ4n) is 3.28. The molecule has 0 aliphatic heterocycles. The third kappa shape index (κ3) is 9.66. The van der Waals surface area contributed by atoms with Crippen LogP contribution in [-0.4, -0.2) is 0 Å². The first-order valence-corrected chi connectivity index (χ1v) is 10.8. The lowest BCUT2D eigenvalue weighted by atomic mass is 9.93. The molecule has 1 heterocycles. The number of hydrogen-bond acceptors (Lipinski definition) is 1. The van der Waals surface area contributed by atoms with Crippen LogP contribution in [0.5, 0.6) is 0 Å². The van der Waals surface area contributed by atoms with Gasteiger partial charge in [-0.3, -0.25) is 0 Å². The van der Waals surface area contributed by atoms with Crippen molar-refractivity contribution in [3.05, 3.63) is 22.4 Å². The molecule has 22 heavy (non-hydrogen) atoms. The normalized spacial score (nSPS) is 12.6. The van der Waals surface area contributed by atoms with Gasteiger partial charge in [0.05, 0.1) is 0 Å². The summed E-state index contributed by atoms with van der Waals surface area (Å²) >= 11 is 1.96. The van der Waals surface area contributed by atoms with Gasteiger partial charge in [-0.1, -0.05) is 97.0 Å². The minimum absolute atomic E-state index is 0.842. The van der Waals surface area contributed by atoms with Crippen LogP contribution in [0.3, 0.4) is 0 Å². The molecule has 0 spiro atoms. The van der Waals surface area contributed by atoms with Crippen LogP contribution in [0.2, 0.25) is 0 Å². The topological polar surface area (TPSA) is 0 Å². The maximum absolute atomic E-state index is 2.35. The monoisotopic (exact) mass is 322 g/mol. The van der Waals surface area contributed by atoms with Crippen molar-refractivity contribution in [1.29, 1.82) is 0 Å². The van der Waals surface area contributed by atoms with Crippen molar-refractivity contribution in [3.63, 3.8) is 0 Å². The van der Waals surface area contributed by atoms with Crippen LogP contribution in [0.4, 0.5) is 0 Å². The molecule has 0 saturated heterocycles. The molecule has 1 aromatic rings. The van der Waals surface area contributed by atoms with Crippen molar-refractivity contribution in [1.82, 2.24) is 0 Å². The maximum atomic E-state index is 2.35. The highest BCUT2D eigenvalue weighted by atomic mass is 32.1. The molecule has 0 bridgehead atoms. The summed E-state index contributed by atoms with van der Waals surface area (Å²) in [7, 11) is 0. The van der Waals surface area contributed by atoms with Gasteiger partial charge in [-0.25, -0.2) is 0 Å². The van der Waals surface area contributed by atoms with Crippen LogP contribution in [0.25, 0.3) is 0 Å². The van der Waals surface area contributed by atoms with E-state index < -0.39 is 0 Å². The van der Waals surface area contributed by atoms with Crippen molar-refractivity contribution in [2.45, 2.75) is 110 Å². The quantitative estimate of drug-likeness (QED) is 0.285. The minimum Gasteiger partial charge on any atom is -0.149 e. The average molecular weight is 323 g/mol. The molecular formula is C21H38S. The second-order valence-corrected chi connectivity index (χ2v) is 7.80. The van der Waals surface area contributed by atoms with E-state index in [2.05, 4.69) is 31.4 Å². The van der Waals surface area contributed by atoms with Crippen LogP contribution in [0, 0.1) is 0 Å². The molecule has 0 aliphatic rings. The summed E-state index contributed by atoms with van der Waals surface area (Å²) in [5.41, 5.74) is 0. The lowest BCUT2D eigenvalue weighted by Gasteiger charge is -2.15. The van der Waals surface area contributed by atoms with E-state index in [1.165, 1.54) is 89.9 Å². The number of thiophene rings is 1. The molecular weight excluding hydrogens is 284 g/mol. The van der Waals surface area contributed by atoms with Gasteiger partial charge in [0.25, 0.3) is 0 Å². The van der Waals surface area contributed by atoms with E-state index >= 15 is 0 Å². The van der Waals surface area contributed by atoms with Gasteiger partial charge in [0.2, 0.25) is 0 Å². The third-order valence-electron chi connectivity index (χ3n) is 4.76. The summed E-state index contributed by atoms with van der Waals surface area (Å²) in [5, 5.41) is 2.24. The Labute approximate surface area is 143 Å². The lowest BCUT2D eigenvalue weighted by Crippen LogP contribution is -1.97. The largest absolute Gasteiger partial charge is 0.149 e. The second-order valence-electron chi connectivity index (χ2n) is 6.83. The molecule has 0 radical (unpaired) electrons. The molecule has 0 nitrogen and oxygen atoms in total. The van der Waals surface area contributed by atoms with Gasteiger partial charge in [0.1, 0.15) is 0 Å².